The van der Waals surface area contributed by atoms with Crippen molar-refractivity contribution in [2.24, 2.45) is 0 Å². The normalized spacial score (nSPS) is 15.2. The first-order valence-electron chi connectivity index (χ1n) is 21.3. The predicted octanol–water partition coefficient (Wildman–Crippen LogP) is 13.8. The molecule has 0 fully saturated rings. The number of hydrogen-bond acceptors (Lipinski definition) is 4. The molecular formula is C58H39N3O. The molecule has 1 unspecified atom stereocenters. The van der Waals surface area contributed by atoms with E-state index >= 15 is 0 Å². The van der Waals surface area contributed by atoms with Crippen LogP contribution in [0.2, 0.25) is 0 Å². The molecule has 0 saturated carbocycles. The van der Waals surface area contributed by atoms with Gasteiger partial charge in [0.05, 0.1) is 5.41 Å². The fraction of sp³-hybridized carbons (Fsp3) is 0.0517. The Bertz CT molecular complexity index is 3210. The molecule has 62 heavy (non-hydrogen) atoms. The summed E-state index contributed by atoms with van der Waals surface area (Å²) in [6.45, 7) is 0. The van der Waals surface area contributed by atoms with E-state index in [1.165, 1.54) is 33.4 Å². The van der Waals surface area contributed by atoms with E-state index in [1.807, 2.05) is 36.4 Å². The van der Waals surface area contributed by atoms with Gasteiger partial charge < -0.3 is 4.74 Å². The van der Waals surface area contributed by atoms with E-state index in [4.69, 9.17) is 19.7 Å². The Morgan fingerprint density at radius 2 is 0.823 bits per heavy atom. The molecule has 0 saturated heterocycles. The molecule has 2 aliphatic carbocycles. The van der Waals surface area contributed by atoms with E-state index in [0.717, 1.165) is 62.2 Å². The number of benzene rings is 8. The van der Waals surface area contributed by atoms with E-state index in [2.05, 4.69) is 182 Å². The molecule has 1 atom stereocenters. The van der Waals surface area contributed by atoms with Crippen LogP contribution in [0, 0.1) is 0 Å². The Balaban J connectivity index is 0.966. The third-order valence-corrected chi connectivity index (χ3v) is 12.7. The summed E-state index contributed by atoms with van der Waals surface area (Å²) in [6, 6.07) is 70.9. The zero-order valence-corrected chi connectivity index (χ0v) is 33.8. The molecular weight excluding hydrogens is 755 g/mol. The highest BCUT2D eigenvalue weighted by atomic mass is 16.5. The average Bonchev–Trinajstić information content (AvgIpc) is 3.65. The second kappa shape index (κ2) is 14.6. The quantitative estimate of drug-likeness (QED) is 0.168. The standard InChI is InChI=1S/C58H39N3O/c1-3-17-38(18-4-1)40-21-14-25-44(36-40)56-59-55(39-19-5-2-6-20-39)60-57(61-56)45-26-15-23-42(37-45)41-22-13-24-43(35-41)46-29-16-33-52-54(46)62-53-34-12-11-32-51(53)58(52)49-30-9-7-27-47(49)48-28-8-10-31-50(48)58/h1-33,35-37,53H,34H2. The van der Waals surface area contributed by atoms with Crippen molar-refractivity contribution in [3.8, 4) is 84.4 Å². The first kappa shape index (κ1) is 35.9. The van der Waals surface area contributed by atoms with Gasteiger partial charge in [0.2, 0.25) is 0 Å². The lowest BCUT2D eigenvalue weighted by Crippen LogP contribution is -2.42. The second-order valence-corrected chi connectivity index (χ2v) is 16.2. The number of para-hydroxylation sites is 1. The predicted molar refractivity (Wildman–Crippen MR) is 250 cm³/mol. The summed E-state index contributed by atoms with van der Waals surface area (Å²) in [7, 11) is 0. The summed E-state index contributed by atoms with van der Waals surface area (Å²) in [5.41, 5.74) is 16.6. The minimum atomic E-state index is -0.455. The zero-order valence-electron chi connectivity index (χ0n) is 33.8. The lowest BCUT2D eigenvalue weighted by atomic mass is 9.62. The molecule has 4 nitrogen and oxygen atoms in total. The highest BCUT2D eigenvalue weighted by molar-refractivity contribution is 5.90. The maximum atomic E-state index is 7.15. The fourth-order valence-corrected chi connectivity index (χ4v) is 9.93. The number of hydrogen-bond donors (Lipinski definition) is 0. The van der Waals surface area contributed by atoms with Gasteiger partial charge in [-0.15, -0.1) is 0 Å². The topological polar surface area (TPSA) is 47.9 Å². The van der Waals surface area contributed by atoms with Crippen molar-refractivity contribution >= 4 is 0 Å². The van der Waals surface area contributed by atoms with Crippen LogP contribution in [0.5, 0.6) is 5.75 Å². The van der Waals surface area contributed by atoms with E-state index < -0.39 is 5.41 Å². The van der Waals surface area contributed by atoms with Crippen LogP contribution in [0.4, 0.5) is 0 Å². The number of fused-ring (bicyclic) bond motifs is 9. The highest BCUT2D eigenvalue weighted by Crippen LogP contribution is 2.62. The summed E-state index contributed by atoms with van der Waals surface area (Å²) in [5, 5.41) is 0. The molecule has 12 rings (SSSR count). The molecule has 1 spiro atoms. The van der Waals surface area contributed by atoms with Crippen LogP contribution in [0.1, 0.15) is 23.1 Å². The Morgan fingerprint density at radius 1 is 0.387 bits per heavy atom. The van der Waals surface area contributed by atoms with Gasteiger partial charge in [-0.05, 0) is 73.8 Å². The molecule has 3 aliphatic rings. The number of allylic oxidation sites excluding steroid dienone is 2. The number of ether oxygens (including phenoxy) is 1. The van der Waals surface area contributed by atoms with Crippen LogP contribution in [-0.2, 0) is 5.41 Å². The van der Waals surface area contributed by atoms with Gasteiger partial charge in [0, 0.05) is 34.2 Å². The van der Waals surface area contributed by atoms with Crippen LogP contribution in [0.3, 0.4) is 0 Å². The first-order chi connectivity index (χ1) is 30.7. The Kier molecular flexibility index (Phi) is 8.49. The monoisotopic (exact) mass is 793 g/mol. The van der Waals surface area contributed by atoms with Crippen LogP contribution in [0.25, 0.3) is 78.7 Å². The molecule has 8 aromatic carbocycles. The van der Waals surface area contributed by atoms with Gasteiger partial charge in [-0.2, -0.15) is 0 Å². The van der Waals surface area contributed by atoms with Gasteiger partial charge in [-0.3, -0.25) is 0 Å². The Labute approximate surface area is 361 Å². The molecule has 0 bridgehead atoms. The van der Waals surface area contributed by atoms with E-state index in [0.29, 0.717) is 17.5 Å². The summed E-state index contributed by atoms with van der Waals surface area (Å²) >= 11 is 0. The van der Waals surface area contributed by atoms with Crippen LogP contribution >= 0.6 is 0 Å². The smallest absolute Gasteiger partial charge is 0.164 e. The van der Waals surface area contributed by atoms with Crippen molar-refractivity contribution in [2.75, 3.05) is 0 Å². The van der Waals surface area contributed by atoms with Gasteiger partial charge in [0.25, 0.3) is 0 Å². The van der Waals surface area contributed by atoms with Crippen molar-refractivity contribution in [2.45, 2.75) is 17.9 Å². The molecule has 0 N–H and O–H groups in total. The van der Waals surface area contributed by atoms with Crippen LogP contribution in [-0.4, -0.2) is 21.1 Å². The lowest BCUT2D eigenvalue weighted by Gasteiger charge is -2.45. The lowest BCUT2D eigenvalue weighted by molar-refractivity contribution is 0.206. The molecule has 1 aromatic heterocycles. The van der Waals surface area contributed by atoms with Crippen LogP contribution in [0.15, 0.2) is 224 Å². The van der Waals surface area contributed by atoms with Gasteiger partial charge in [-0.1, -0.05) is 200 Å². The van der Waals surface area contributed by atoms with E-state index in [1.54, 1.807) is 0 Å². The van der Waals surface area contributed by atoms with Crippen molar-refractivity contribution in [1.82, 2.24) is 15.0 Å². The van der Waals surface area contributed by atoms with Crippen molar-refractivity contribution < 1.29 is 4.74 Å². The summed E-state index contributed by atoms with van der Waals surface area (Å²) in [5.74, 6) is 2.83. The number of nitrogens with zero attached hydrogens (tertiary/aromatic N) is 3. The second-order valence-electron chi connectivity index (χ2n) is 16.2. The Morgan fingerprint density at radius 3 is 1.45 bits per heavy atom. The fourth-order valence-electron chi connectivity index (χ4n) is 9.93. The molecule has 0 amide bonds. The maximum Gasteiger partial charge on any atom is 0.164 e. The van der Waals surface area contributed by atoms with Gasteiger partial charge in [-0.25, -0.2) is 15.0 Å². The third-order valence-electron chi connectivity index (χ3n) is 12.7. The third kappa shape index (κ3) is 5.79. The molecule has 0 radical (unpaired) electrons. The van der Waals surface area contributed by atoms with Gasteiger partial charge >= 0.3 is 0 Å². The zero-order chi connectivity index (χ0) is 41.0. The number of aromatic nitrogens is 3. The Hall–Kier alpha value is -7.95. The average molecular weight is 794 g/mol. The largest absolute Gasteiger partial charge is 0.485 e. The molecule has 2 heterocycles. The van der Waals surface area contributed by atoms with Crippen molar-refractivity contribution in [1.29, 1.82) is 0 Å². The minimum absolute atomic E-state index is 0.0837. The highest BCUT2D eigenvalue weighted by Gasteiger charge is 2.54. The van der Waals surface area contributed by atoms with Crippen molar-refractivity contribution in [3.63, 3.8) is 0 Å². The van der Waals surface area contributed by atoms with E-state index in [-0.39, 0.29) is 6.10 Å². The molecule has 9 aromatic rings. The van der Waals surface area contributed by atoms with Gasteiger partial charge in [0.1, 0.15) is 11.9 Å². The first-order valence-corrected chi connectivity index (χ1v) is 21.3. The SMILES string of the molecule is C1=CCC2Oc3c(-c4cccc(-c5cccc(-c6nc(-c7ccccc7)nc(-c7cccc(-c8ccccc8)c7)n6)c5)c4)cccc3C3(C2=C1)c1ccccc1-c1ccccc13. The van der Waals surface area contributed by atoms with Gasteiger partial charge in [0.15, 0.2) is 17.5 Å². The number of rotatable bonds is 6. The molecule has 4 heteroatoms. The summed E-state index contributed by atoms with van der Waals surface area (Å²) in [4.78, 5) is 15.2. The molecule has 1 aliphatic heterocycles. The van der Waals surface area contributed by atoms with E-state index in [9.17, 15) is 0 Å². The minimum Gasteiger partial charge on any atom is -0.485 e. The van der Waals surface area contributed by atoms with Crippen LogP contribution < -0.4 is 4.74 Å². The summed E-state index contributed by atoms with van der Waals surface area (Å²) in [6.07, 6.45) is 7.48. The molecule has 292 valence electrons. The summed E-state index contributed by atoms with van der Waals surface area (Å²) < 4.78 is 7.15. The maximum absolute atomic E-state index is 7.15. The van der Waals surface area contributed by atoms with Crippen molar-refractivity contribution in [3.05, 3.63) is 241 Å².